The molecule has 0 saturated heterocycles. The van der Waals surface area contributed by atoms with Crippen molar-refractivity contribution in [1.29, 1.82) is 0 Å². The maximum absolute atomic E-state index is 13.7. The van der Waals surface area contributed by atoms with Crippen molar-refractivity contribution in [3.8, 4) is 5.82 Å². The van der Waals surface area contributed by atoms with Crippen molar-refractivity contribution in [3.05, 3.63) is 65.2 Å². The third-order valence-corrected chi connectivity index (χ3v) is 4.23. The summed E-state index contributed by atoms with van der Waals surface area (Å²) in [6.07, 6.45) is 4.86. The van der Waals surface area contributed by atoms with Gasteiger partial charge in [0.25, 0.3) is 0 Å². The largest absolute Gasteiger partial charge is 0.368 e. The number of carbonyl (C=O) groups excluding carboxylic acids is 1. The number of hydrogen-bond donors (Lipinski definition) is 2. The van der Waals surface area contributed by atoms with Crippen LogP contribution < -0.4 is 10.6 Å². The van der Waals surface area contributed by atoms with E-state index >= 15 is 0 Å². The van der Waals surface area contributed by atoms with E-state index in [2.05, 4.69) is 25.6 Å². The lowest BCUT2D eigenvalue weighted by Gasteiger charge is -2.10. The molecule has 0 bridgehead atoms. The summed E-state index contributed by atoms with van der Waals surface area (Å²) in [6, 6.07) is 6.13. The minimum atomic E-state index is -0.487. The second kappa shape index (κ2) is 8.59. The van der Waals surface area contributed by atoms with Crippen molar-refractivity contribution in [2.45, 2.75) is 13.3 Å². The van der Waals surface area contributed by atoms with E-state index < -0.39 is 5.82 Å². The van der Waals surface area contributed by atoms with E-state index in [1.54, 1.807) is 18.3 Å². The summed E-state index contributed by atoms with van der Waals surface area (Å²) in [5.74, 6) is 1.35. The van der Waals surface area contributed by atoms with Crippen LogP contribution in [0.4, 0.5) is 10.2 Å². The standard InChI is InChI=1S/C18H18ClFN6O/c1-12-21-7-8-26(12)17-10-16(24-11-25-17)22-5-6-23-18(27)9-13-14(19)3-2-4-15(13)20/h2-4,7-8,10-11H,5-6,9H2,1H3,(H,23,27)(H,22,24,25). The number of aromatic nitrogens is 4. The van der Waals surface area contributed by atoms with E-state index in [0.717, 1.165) is 5.82 Å². The molecule has 0 unspecified atom stereocenters. The van der Waals surface area contributed by atoms with Gasteiger partial charge in [-0.25, -0.2) is 19.3 Å². The summed E-state index contributed by atoms with van der Waals surface area (Å²) in [5.41, 5.74) is 0.195. The van der Waals surface area contributed by atoms with E-state index in [4.69, 9.17) is 11.6 Å². The summed E-state index contributed by atoms with van der Waals surface area (Å²) in [5, 5.41) is 6.07. The van der Waals surface area contributed by atoms with Gasteiger partial charge in [0.2, 0.25) is 5.91 Å². The number of rotatable bonds is 7. The van der Waals surface area contributed by atoms with Gasteiger partial charge in [-0.2, -0.15) is 0 Å². The van der Waals surface area contributed by atoms with Crippen LogP contribution in [0.3, 0.4) is 0 Å². The van der Waals surface area contributed by atoms with Gasteiger partial charge in [0.1, 0.15) is 29.6 Å². The number of amides is 1. The Morgan fingerprint density at radius 3 is 2.85 bits per heavy atom. The minimum Gasteiger partial charge on any atom is -0.368 e. The number of nitrogens with one attached hydrogen (secondary N) is 2. The van der Waals surface area contributed by atoms with Crippen molar-refractivity contribution in [2.24, 2.45) is 0 Å². The fraction of sp³-hybridized carbons (Fsp3) is 0.222. The molecule has 0 radical (unpaired) electrons. The van der Waals surface area contributed by atoms with Gasteiger partial charge in [-0.15, -0.1) is 0 Å². The smallest absolute Gasteiger partial charge is 0.224 e. The van der Waals surface area contributed by atoms with Crippen molar-refractivity contribution in [2.75, 3.05) is 18.4 Å². The van der Waals surface area contributed by atoms with E-state index in [0.29, 0.717) is 24.7 Å². The quantitative estimate of drug-likeness (QED) is 0.607. The number of anilines is 1. The molecule has 3 aromatic rings. The molecule has 0 saturated carbocycles. The summed E-state index contributed by atoms with van der Waals surface area (Å²) < 4.78 is 15.5. The Morgan fingerprint density at radius 1 is 1.26 bits per heavy atom. The Morgan fingerprint density at radius 2 is 2.11 bits per heavy atom. The molecule has 7 nitrogen and oxygen atoms in total. The molecule has 2 heterocycles. The van der Waals surface area contributed by atoms with Gasteiger partial charge in [0.15, 0.2) is 0 Å². The molecule has 0 aliphatic heterocycles. The molecule has 0 aliphatic carbocycles. The Labute approximate surface area is 160 Å². The third kappa shape index (κ3) is 4.79. The van der Waals surface area contributed by atoms with E-state index in [9.17, 15) is 9.18 Å². The van der Waals surface area contributed by atoms with Gasteiger partial charge in [-0.3, -0.25) is 9.36 Å². The van der Waals surface area contributed by atoms with Gasteiger partial charge in [0, 0.05) is 42.1 Å². The number of nitrogens with zero attached hydrogens (tertiary/aromatic N) is 4. The summed E-state index contributed by atoms with van der Waals surface area (Å²) in [7, 11) is 0. The molecule has 0 fully saturated rings. The summed E-state index contributed by atoms with van der Waals surface area (Å²) in [6.45, 7) is 2.69. The Hall–Kier alpha value is -3.00. The highest BCUT2D eigenvalue weighted by atomic mass is 35.5. The predicted molar refractivity (Wildman–Crippen MR) is 101 cm³/mol. The highest BCUT2D eigenvalue weighted by Gasteiger charge is 2.11. The molecule has 3 rings (SSSR count). The van der Waals surface area contributed by atoms with Crippen LogP contribution in [0, 0.1) is 12.7 Å². The Balaban J connectivity index is 1.49. The average Bonchev–Trinajstić information content (AvgIpc) is 3.08. The first-order valence-corrected chi connectivity index (χ1v) is 8.68. The van der Waals surface area contributed by atoms with E-state index in [1.807, 2.05) is 17.7 Å². The van der Waals surface area contributed by atoms with Gasteiger partial charge < -0.3 is 10.6 Å². The van der Waals surface area contributed by atoms with Gasteiger partial charge in [-0.05, 0) is 19.1 Å². The highest BCUT2D eigenvalue weighted by molar-refractivity contribution is 6.31. The van der Waals surface area contributed by atoms with Crippen molar-refractivity contribution in [1.82, 2.24) is 24.8 Å². The zero-order chi connectivity index (χ0) is 19.2. The molecular weight excluding hydrogens is 371 g/mol. The molecule has 1 amide bonds. The molecule has 0 spiro atoms. The molecule has 27 heavy (non-hydrogen) atoms. The highest BCUT2D eigenvalue weighted by Crippen LogP contribution is 2.19. The number of hydrogen-bond acceptors (Lipinski definition) is 5. The molecule has 1 aromatic carbocycles. The van der Waals surface area contributed by atoms with Crippen molar-refractivity contribution >= 4 is 23.3 Å². The maximum atomic E-state index is 13.7. The van der Waals surface area contributed by atoms with Crippen LogP contribution in [0.15, 0.2) is 43.0 Å². The fourth-order valence-corrected chi connectivity index (χ4v) is 2.74. The molecule has 2 N–H and O–H groups in total. The first-order chi connectivity index (χ1) is 13.0. The second-order valence-corrected chi connectivity index (χ2v) is 6.17. The number of imidazole rings is 1. The van der Waals surface area contributed by atoms with Crippen LogP contribution in [-0.4, -0.2) is 38.5 Å². The lowest BCUT2D eigenvalue weighted by molar-refractivity contribution is -0.120. The lowest BCUT2D eigenvalue weighted by atomic mass is 10.1. The Bertz CT molecular complexity index is 925. The number of benzene rings is 1. The van der Waals surface area contributed by atoms with Crippen LogP contribution in [-0.2, 0) is 11.2 Å². The number of carbonyl (C=O) groups is 1. The topological polar surface area (TPSA) is 84.7 Å². The zero-order valence-corrected chi connectivity index (χ0v) is 15.4. The second-order valence-electron chi connectivity index (χ2n) is 5.76. The molecule has 2 aromatic heterocycles. The molecule has 0 aliphatic rings. The fourth-order valence-electron chi connectivity index (χ4n) is 2.51. The normalized spacial score (nSPS) is 10.6. The first kappa shape index (κ1) is 18.8. The summed E-state index contributed by atoms with van der Waals surface area (Å²) in [4.78, 5) is 24.5. The van der Waals surface area contributed by atoms with E-state index in [-0.39, 0.29) is 22.9 Å². The third-order valence-electron chi connectivity index (χ3n) is 3.88. The molecule has 140 valence electrons. The number of halogens is 2. The maximum Gasteiger partial charge on any atom is 0.224 e. The monoisotopic (exact) mass is 388 g/mol. The molecular formula is C18H18ClFN6O. The minimum absolute atomic E-state index is 0.108. The van der Waals surface area contributed by atoms with Crippen molar-refractivity contribution in [3.63, 3.8) is 0 Å². The molecule has 0 atom stereocenters. The van der Waals surface area contributed by atoms with Gasteiger partial charge in [-0.1, -0.05) is 17.7 Å². The number of aryl methyl sites for hydroxylation is 1. The predicted octanol–water partition coefficient (Wildman–Crippen LogP) is 2.53. The van der Waals surface area contributed by atoms with Crippen LogP contribution in [0.2, 0.25) is 5.02 Å². The van der Waals surface area contributed by atoms with E-state index in [1.165, 1.54) is 18.5 Å². The van der Waals surface area contributed by atoms with Crippen molar-refractivity contribution < 1.29 is 9.18 Å². The van der Waals surface area contributed by atoms with Gasteiger partial charge >= 0.3 is 0 Å². The van der Waals surface area contributed by atoms with Gasteiger partial charge in [0.05, 0.1) is 6.42 Å². The first-order valence-electron chi connectivity index (χ1n) is 8.30. The Kier molecular flexibility index (Phi) is 5.97. The SMILES string of the molecule is Cc1nccn1-c1cc(NCCNC(=O)Cc2c(F)cccc2Cl)ncn1. The zero-order valence-electron chi connectivity index (χ0n) is 14.6. The molecule has 9 heteroatoms. The van der Waals surface area contributed by atoms with Crippen LogP contribution >= 0.6 is 11.6 Å². The van der Waals surface area contributed by atoms with Crippen LogP contribution in [0.25, 0.3) is 5.82 Å². The van der Waals surface area contributed by atoms with Crippen LogP contribution in [0.5, 0.6) is 0 Å². The summed E-state index contributed by atoms with van der Waals surface area (Å²) >= 11 is 5.93. The average molecular weight is 389 g/mol. The lowest BCUT2D eigenvalue weighted by Crippen LogP contribution is -2.30. The van der Waals surface area contributed by atoms with Crippen LogP contribution in [0.1, 0.15) is 11.4 Å².